The average Bonchev–Trinajstić information content (AvgIpc) is 2.46. The molecule has 112 valence electrons. The van der Waals surface area contributed by atoms with Crippen molar-refractivity contribution in [3.63, 3.8) is 0 Å². The first-order valence-electron chi connectivity index (χ1n) is 6.70. The van der Waals surface area contributed by atoms with E-state index < -0.39 is 4.92 Å². The predicted molar refractivity (Wildman–Crippen MR) is 79.7 cm³/mol. The van der Waals surface area contributed by atoms with Crippen LogP contribution in [0.25, 0.3) is 0 Å². The van der Waals surface area contributed by atoms with Gasteiger partial charge in [0, 0.05) is 30.4 Å². The van der Waals surface area contributed by atoms with Crippen LogP contribution in [0.2, 0.25) is 0 Å². The summed E-state index contributed by atoms with van der Waals surface area (Å²) in [7, 11) is 0. The van der Waals surface area contributed by atoms with E-state index in [2.05, 4.69) is 19.3 Å². The van der Waals surface area contributed by atoms with E-state index in [1.165, 1.54) is 12.1 Å². The number of hydrazine groups is 1. The van der Waals surface area contributed by atoms with Crippen LogP contribution in [-0.4, -0.2) is 29.2 Å². The van der Waals surface area contributed by atoms with Crippen LogP contribution in [0.1, 0.15) is 26.7 Å². The van der Waals surface area contributed by atoms with Crippen LogP contribution in [0.4, 0.5) is 17.1 Å². The fraction of sp³-hybridized carbons (Fsp3) is 0.538. The third-order valence-electron chi connectivity index (χ3n) is 3.34. The van der Waals surface area contributed by atoms with Crippen LogP contribution < -0.4 is 16.2 Å². The highest BCUT2D eigenvalue weighted by Gasteiger charge is 2.19. The van der Waals surface area contributed by atoms with Gasteiger partial charge in [-0.05, 0) is 18.9 Å². The minimum absolute atomic E-state index is 0.00935. The zero-order chi connectivity index (χ0) is 15.1. The molecular formula is C13H22N4O3. The number of nitrogen functional groups attached to an aromatic ring is 1. The number of hydrogen-bond donors (Lipinski definition) is 3. The fourth-order valence-corrected chi connectivity index (χ4v) is 2.31. The molecule has 20 heavy (non-hydrogen) atoms. The van der Waals surface area contributed by atoms with Gasteiger partial charge in [-0.2, -0.15) is 0 Å². The van der Waals surface area contributed by atoms with Crippen LogP contribution >= 0.6 is 0 Å². The van der Waals surface area contributed by atoms with Crippen molar-refractivity contribution in [1.82, 2.24) is 0 Å². The van der Waals surface area contributed by atoms with E-state index in [0.717, 1.165) is 12.8 Å². The van der Waals surface area contributed by atoms with E-state index in [0.29, 0.717) is 17.9 Å². The summed E-state index contributed by atoms with van der Waals surface area (Å²) in [5.74, 6) is 5.36. The van der Waals surface area contributed by atoms with Gasteiger partial charge >= 0.3 is 0 Å². The Balaban J connectivity index is 3.23. The normalized spacial score (nSPS) is 10.7. The third kappa shape index (κ3) is 3.82. The summed E-state index contributed by atoms with van der Waals surface area (Å²) in [6.45, 7) is 4.53. The molecule has 1 aromatic rings. The van der Waals surface area contributed by atoms with Gasteiger partial charge < -0.3 is 15.4 Å². The summed E-state index contributed by atoms with van der Waals surface area (Å²) in [5, 5.41) is 20.2. The lowest BCUT2D eigenvalue weighted by molar-refractivity contribution is -0.384. The van der Waals surface area contributed by atoms with Crippen molar-refractivity contribution in [1.29, 1.82) is 0 Å². The molecule has 0 aromatic heterocycles. The molecular weight excluding hydrogens is 260 g/mol. The second kappa shape index (κ2) is 7.66. The maximum Gasteiger partial charge on any atom is 0.273 e. The summed E-state index contributed by atoms with van der Waals surface area (Å²) in [6, 6.07) is 4.86. The molecule has 0 saturated heterocycles. The van der Waals surface area contributed by atoms with Gasteiger partial charge in [-0.3, -0.25) is 16.0 Å². The Morgan fingerprint density at radius 1 is 1.40 bits per heavy atom. The number of nitrogens with one attached hydrogen (secondary N) is 1. The number of hydrogen-bond acceptors (Lipinski definition) is 6. The Bertz CT molecular complexity index is 449. The molecule has 0 fully saturated rings. The molecule has 0 aliphatic carbocycles. The van der Waals surface area contributed by atoms with E-state index in [4.69, 9.17) is 5.84 Å². The maximum absolute atomic E-state index is 11.0. The molecule has 7 heteroatoms. The lowest BCUT2D eigenvalue weighted by atomic mass is 10.1. The summed E-state index contributed by atoms with van der Waals surface area (Å²) in [4.78, 5) is 12.5. The number of anilines is 2. The summed E-state index contributed by atoms with van der Waals surface area (Å²) in [5.41, 5.74) is 3.58. The van der Waals surface area contributed by atoms with Gasteiger partial charge in [0.1, 0.15) is 0 Å². The Hall–Kier alpha value is -1.86. The molecule has 0 amide bonds. The average molecular weight is 282 g/mol. The SMILES string of the molecule is CCC(CC)N(CCO)c1cc(NN)cc([N+](=O)[O-])c1. The van der Waals surface area contributed by atoms with E-state index >= 15 is 0 Å². The molecule has 0 saturated carbocycles. The quantitative estimate of drug-likeness (QED) is 0.382. The summed E-state index contributed by atoms with van der Waals surface area (Å²) >= 11 is 0. The molecule has 0 aliphatic heterocycles. The zero-order valence-corrected chi connectivity index (χ0v) is 11.9. The van der Waals surface area contributed by atoms with Crippen LogP contribution in [0, 0.1) is 10.1 Å². The van der Waals surface area contributed by atoms with Crippen molar-refractivity contribution in [2.24, 2.45) is 5.84 Å². The largest absolute Gasteiger partial charge is 0.395 e. The first kappa shape index (κ1) is 16.2. The van der Waals surface area contributed by atoms with E-state index in [1.807, 2.05) is 4.90 Å². The van der Waals surface area contributed by atoms with Crippen molar-refractivity contribution in [2.45, 2.75) is 32.7 Å². The van der Waals surface area contributed by atoms with Crippen LogP contribution in [0.15, 0.2) is 18.2 Å². The van der Waals surface area contributed by atoms with Crippen molar-refractivity contribution >= 4 is 17.1 Å². The standard InChI is InChI=1S/C13H22N4O3/c1-3-11(4-2)16(5-6-18)12-7-10(15-14)8-13(9-12)17(19)20/h7-9,11,15,18H,3-6,14H2,1-2H3. The minimum atomic E-state index is -0.450. The Morgan fingerprint density at radius 3 is 2.50 bits per heavy atom. The second-order valence-electron chi connectivity index (χ2n) is 4.53. The molecule has 0 unspecified atom stereocenters. The van der Waals surface area contributed by atoms with Gasteiger partial charge in [0.2, 0.25) is 0 Å². The van der Waals surface area contributed by atoms with E-state index in [-0.39, 0.29) is 18.3 Å². The highest BCUT2D eigenvalue weighted by Crippen LogP contribution is 2.29. The number of benzene rings is 1. The van der Waals surface area contributed by atoms with Gasteiger partial charge in [0.05, 0.1) is 17.2 Å². The summed E-state index contributed by atoms with van der Waals surface area (Å²) < 4.78 is 0. The lowest BCUT2D eigenvalue weighted by Gasteiger charge is -2.32. The number of aliphatic hydroxyl groups excluding tert-OH is 1. The van der Waals surface area contributed by atoms with Gasteiger partial charge in [-0.15, -0.1) is 0 Å². The smallest absolute Gasteiger partial charge is 0.273 e. The van der Waals surface area contributed by atoms with Gasteiger partial charge in [0.25, 0.3) is 5.69 Å². The number of nitro benzene ring substituents is 1. The minimum Gasteiger partial charge on any atom is -0.395 e. The topological polar surface area (TPSA) is 105 Å². The number of nitrogens with two attached hydrogens (primary N) is 1. The van der Waals surface area contributed by atoms with Crippen molar-refractivity contribution in [3.05, 3.63) is 28.3 Å². The van der Waals surface area contributed by atoms with Crippen LogP contribution in [0.5, 0.6) is 0 Å². The van der Waals surface area contributed by atoms with Gasteiger partial charge in [-0.1, -0.05) is 13.8 Å². The lowest BCUT2D eigenvalue weighted by Crippen LogP contribution is -2.36. The third-order valence-corrected chi connectivity index (χ3v) is 3.34. The highest BCUT2D eigenvalue weighted by atomic mass is 16.6. The van der Waals surface area contributed by atoms with E-state index in [1.54, 1.807) is 6.07 Å². The Labute approximate surface area is 118 Å². The maximum atomic E-state index is 11.0. The number of non-ortho nitro benzene ring substituents is 1. The highest BCUT2D eigenvalue weighted by molar-refractivity contribution is 5.64. The molecule has 0 heterocycles. The van der Waals surface area contributed by atoms with Gasteiger partial charge in [-0.25, -0.2) is 0 Å². The van der Waals surface area contributed by atoms with E-state index in [9.17, 15) is 15.2 Å². The monoisotopic (exact) mass is 282 g/mol. The van der Waals surface area contributed by atoms with Gasteiger partial charge in [0.15, 0.2) is 0 Å². The second-order valence-corrected chi connectivity index (χ2v) is 4.53. The molecule has 1 rings (SSSR count). The number of nitro groups is 1. The zero-order valence-electron chi connectivity index (χ0n) is 11.9. The van der Waals surface area contributed by atoms with Crippen LogP contribution in [-0.2, 0) is 0 Å². The molecule has 0 spiro atoms. The molecule has 4 N–H and O–H groups in total. The predicted octanol–water partition coefficient (Wildman–Crippen LogP) is 1.87. The molecule has 0 radical (unpaired) electrons. The molecule has 1 aromatic carbocycles. The molecule has 0 bridgehead atoms. The fourth-order valence-electron chi connectivity index (χ4n) is 2.31. The number of nitrogens with zero attached hydrogens (tertiary/aromatic N) is 2. The Kier molecular flexibility index (Phi) is 6.20. The Morgan fingerprint density at radius 2 is 2.05 bits per heavy atom. The van der Waals surface area contributed by atoms with Crippen molar-refractivity contribution < 1.29 is 10.0 Å². The number of rotatable bonds is 8. The van der Waals surface area contributed by atoms with Crippen molar-refractivity contribution in [2.75, 3.05) is 23.5 Å². The molecule has 0 atom stereocenters. The first-order valence-corrected chi connectivity index (χ1v) is 6.70. The first-order chi connectivity index (χ1) is 9.57. The van der Waals surface area contributed by atoms with Crippen molar-refractivity contribution in [3.8, 4) is 0 Å². The molecule has 0 aliphatic rings. The van der Waals surface area contributed by atoms with Crippen LogP contribution in [0.3, 0.4) is 0 Å². The summed E-state index contributed by atoms with van der Waals surface area (Å²) in [6.07, 6.45) is 1.79. The number of aliphatic hydroxyl groups is 1. The molecule has 7 nitrogen and oxygen atoms in total.